The maximum Gasteiger partial charge on any atom is 0.407 e. The lowest BCUT2D eigenvalue weighted by molar-refractivity contribution is -0.200. The van der Waals surface area contributed by atoms with Crippen molar-refractivity contribution in [2.24, 2.45) is 46.3 Å². The minimum absolute atomic E-state index is 0.00355. The summed E-state index contributed by atoms with van der Waals surface area (Å²) in [6, 6.07) is 0. The molecule has 12 unspecified atom stereocenters. The lowest BCUT2D eigenvalue weighted by Gasteiger charge is -2.59. The third-order valence-electron chi connectivity index (χ3n) is 13.8. The molecule has 0 aromatic rings. The Bertz CT molecular complexity index is 1360. The highest BCUT2D eigenvalue weighted by Crippen LogP contribution is 2.70. The molecule has 7 aliphatic rings. The van der Waals surface area contributed by atoms with Crippen molar-refractivity contribution in [1.29, 1.82) is 0 Å². The zero-order valence-electron chi connectivity index (χ0n) is 29.8. The summed E-state index contributed by atoms with van der Waals surface area (Å²) in [7, 11) is -2.40. The third-order valence-corrected chi connectivity index (χ3v) is 14.6. The average Bonchev–Trinajstić information content (AvgIpc) is 3.44. The molecule has 1 aliphatic heterocycles. The highest BCUT2D eigenvalue weighted by atomic mass is 31.2. The average molecular weight is 718 g/mol. The van der Waals surface area contributed by atoms with Gasteiger partial charge in [-0.3, -0.25) is 9.59 Å². The topological polar surface area (TPSA) is 150 Å². The Morgan fingerprint density at radius 1 is 1.08 bits per heavy atom. The normalized spacial score (nSPS) is 43.6. The van der Waals surface area contributed by atoms with Gasteiger partial charge in [0.05, 0.1) is 25.4 Å². The van der Waals surface area contributed by atoms with Crippen molar-refractivity contribution in [3.63, 3.8) is 0 Å². The number of nitrogens with one attached hydrogen (secondary N) is 1. The number of carbonyl (C=O) groups excluding carboxylic acids is 3. The van der Waals surface area contributed by atoms with Crippen LogP contribution < -0.4 is 5.32 Å². The minimum Gasteiger partial charge on any atom is -0.449 e. The van der Waals surface area contributed by atoms with E-state index in [4.69, 9.17) is 23.3 Å². The summed E-state index contributed by atoms with van der Waals surface area (Å²) in [4.78, 5) is 49.4. The van der Waals surface area contributed by atoms with Gasteiger partial charge in [0.15, 0.2) is 23.5 Å². The van der Waals surface area contributed by atoms with Crippen LogP contribution in [0.4, 0.5) is 4.79 Å². The molecule has 0 aromatic heterocycles. The molecular weight excluding hydrogens is 661 g/mol. The number of allylic oxidation sites excluding steroid dienone is 4. The second-order valence-corrected chi connectivity index (χ2v) is 17.4. The molecule has 0 spiro atoms. The van der Waals surface area contributed by atoms with Gasteiger partial charge >= 0.3 is 14.7 Å². The van der Waals surface area contributed by atoms with E-state index in [2.05, 4.69) is 19.2 Å². The number of rotatable bonds is 12. The molecular formula is C38H56NO10P. The van der Waals surface area contributed by atoms with E-state index in [9.17, 15) is 24.4 Å². The van der Waals surface area contributed by atoms with Crippen LogP contribution >= 0.6 is 8.60 Å². The molecule has 1 amide bonds. The Balaban J connectivity index is 0.937. The maximum atomic E-state index is 14.3. The lowest BCUT2D eigenvalue weighted by Crippen LogP contribution is -2.63. The highest BCUT2D eigenvalue weighted by molar-refractivity contribution is 7.40. The fourth-order valence-corrected chi connectivity index (χ4v) is 12.1. The highest BCUT2D eigenvalue weighted by Gasteiger charge is 2.75. The number of hydrogen-bond acceptors (Lipinski definition) is 10. The number of aliphatic hydroxyl groups is 1. The smallest absolute Gasteiger partial charge is 0.407 e. The van der Waals surface area contributed by atoms with Gasteiger partial charge in [0.2, 0.25) is 0 Å². The van der Waals surface area contributed by atoms with E-state index in [1.54, 1.807) is 12.2 Å². The van der Waals surface area contributed by atoms with Crippen molar-refractivity contribution in [1.82, 2.24) is 5.32 Å². The molecule has 5 saturated carbocycles. The van der Waals surface area contributed by atoms with Gasteiger partial charge in [-0.2, -0.15) is 0 Å². The SMILES string of the molecule is CCCC1OC2CC3C4CCC5=CC(=O)C=CC5(C)C4C(O)CC3(C)C2(C(=O)COP(O)OCCNC(=O)OCC2C3CCCCCCC32)O1. The number of hydrogen-bond donors (Lipinski definition) is 3. The van der Waals surface area contributed by atoms with Crippen molar-refractivity contribution < 1.29 is 47.6 Å². The first-order valence-electron chi connectivity index (χ1n) is 19.2. The van der Waals surface area contributed by atoms with Gasteiger partial charge in [-0.25, -0.2) is 4.79 Å². The van der Waals surface area contributed by atoms with Crippen molar-refractivity contribution >= 4 is 26.3 Å². The number of aliphatic hydroxyl groups excluding tert-OH is 1. The molecule has 0 radical (unpaired) electrons. The van der Waals surface area contributed by atoms with E-state index in [0.29, 0.717) is 43.6 Å². The van der Waals surface area contributed by atoms with Crippen molar-refractivity contribution in [2.45, 2.75) is 122 Å². The van der Waals surface area contributed by atoms with Gasteiger partial charge in [0.1, 0.15) is 6.61 Å². The molecule has 6 aliphatic carbocycles. The number of Topliss-reactive ketones (excluding diaryl/α,β-unsaturated/α-hetero) is 1. The van der Waals surface area contributed by atoms with Gasteiger partial charge in [-0.1, -0.05) is 64.5 Å². The van der Waals surface area contributed by atoms with Crippen LogP contribution in [0, 0.1) is 46.3 Å². The fourth-order valence-electron chi connectivity index (χ4n) is 11.5. The number of carbonyl (C=O) groups is 3. The van der Waals surface area contributed by atoms with Crippen molar-refractivity contribution in [2.75, 3.05) is 26.4 Å². The monoisotopic (exact) mass is 717 g/mol. The molecule has 50 heavy (non-hydrogen) atoms. The van der Waals surface area contributed by atoms with Crippen molar-refractivity contribution in [3.8, 4) is 0 Å². The van der Waals surface area contributed by atoms with Crippen LogP contribution in [-0.4, -0.2) is 78.1 Å². The largest absolute Gasteiger partial charge is 0.449 e. The molecule has 12 atom stereocenters. The molecule has 11 nitrogen and oxygen atoms in total. The van der Waals surface area contributed by atoms with Gasteiger partial charge in [0, 0.05) is 23.3 Å². The second-order valence-electron chi connectivity index (χ2n) is 16.4. The van der Waals surface area contributed by atoms with E-state index < -0.39 is 56.2 Å². The quantitative estimate of drug-likeness (QED) is 0.164. The van der Waals surface area contributed by atoms with Gasteiger partial charge in [-0.05, 0) is 86.7 Å². The van der Waals surface area contributed by atoms with Gasteiger partial charge < -0.3 is 38.6 Å². The summed E-state index contributed by atoms with van der Waals surface area (Å²) in [5.41, 5.74) is -1.41. The Morgan fingerprint density at radius 3 is 2.58 bits per heavy atom. The van der Waals surface area contributed by atoms with Gasteiger partial charge in [0.25, 0.3) is 0 Å². The Kier molecular flexibility index (Phi) is 10.7. The molecule has 0 bridgehead atoms. The fraction of sp³-hybridized carbons (Fsp3) is 0.816. The summed E-state index contributed by atoms with van der Waals surface area (Å²) >= 11 is 0. The van der Waals surface area contributed by atoms with Crippen LogP contribution in [0.5, 0.6) is 0 Å². The number of ether oxygens (including phenoxy) is 3. The van der Waals surface area contributed by atoms with E-state index in [1.165, 1.54) is 38.5 Å². The molecule has 12 heteroatoms. The molecule has 0 aromatic carbocycles. The van der Waals surface area contributed by atoms with E-state index in [1.807, 2.05) is 13.0 Å². The predicted molar refractivity (Wildman–Crippen MR) is 184 cm³/mol. The summed E-state index contributed by atoms with van der Waals surface area (Å²) in [6.45, 7) is 6.37. The summed E-state index contributed by atoms with van der Waals surface area (Å²) in [5.74, 6) is 1.61. The zero-order chi connectivity index (χ0) is 35.3. The van der Waals surface area contributed by atoms with E-state index in [-0.39, 0.29) is 42.5 Å². The Labute approximate surface area is 297 Å². The second kappa shape index (κ2) is 14.6. The van der Waals surface area contributed by atoms with Crippen LogP contribution in [0.15, 0.2) is 23.8 Å². The number of ketones is 2. The maximum absolute atomic E-state index is 14.3. The molecule has 278 valence electrons. The third kappa shape index (κ3) is 6.45. The predicted octanol–water partition coefficient (Wildman–Crippen LogP) is 5.92. The van der Waals surface area contributed by atoms with Crippen LogP contribution in [0.3, 0.4) is 0 Å². The van der Waals surface area contributed by atoms with E-state index >= 15 is 0 Å². The van der Waals surface area contributed by atoms with E-state index in [0.717, 1.165) is 24.8 Å². The molecule has 1 heterocycles. The lowest BCUT2D eigenvalue weighted by atomic mass is 9.46. The van der Waals surface area contributed by atoms with Crippen LogP contribution in [-0.2, 0) is 32.8 Å². The van der Waals surface area contributed by atoms with Crippen molar-refractivity contribution in [3.05, 3.63) is 23.8 Å². The molecule has 6 fully saturated rings. The first-order chi connectivity index (χ1) is 24.0. The zero-order valence-corrected chi connectivity index (χ0v) is 30.7. The summed E-state index contributed by atoms with van der Waals surface area (Å²) < 4.78 is 29.6. The number of fused-ring (bicyclic) bond motifs is 8. The number of alkyl carbamates (subject to hydrolysis) is 1. The number of amides is 1. The van der Waals surface area contributed by atoms with Crippen LogP contribution in [0.25, 0.3) is 0 Å². The standard InChI is InChI=1S/C38H56NO10P/c1-4-9-33-48-32-19-29-27-13-12-23-18-24(40)14-15-36(23,2)34(27)30(41)20-37(29,3)38(32,49-33)31(42)22-47-50(44)46-17-16-39-35(43)45-21-28-25-10-7-5-6-8-11-26(25)28/h14-15,18,25-30,32-34,41,44H,4-13,16-17,19-22H2,1-3H3,(H,39,43). The van der Waals surface area contributed by atoms with Crippen LogP contribution in [0.1, 0.15) is 97.8 Å². The van der Waals surface area contributed by atoms with Gasteiger partial charge in [-0.15, -0.1) is 0 Å². The summed E-state index contributed by atoms with van der Waals surface area (Å²) in [5, 5.41) is 14.6. The Hall–Kier alpha value is -1.72. The summed E-state index contributed by atoms with van der Waals surface area (Å²) in [6.07, 6.45) is 14.7. The minimum atomic E-state index is -2.40. The molecule has 1 saturated heterocycles. The first kappa shape index (κ1) is 36.6. The molecule has 7 rings (SSSR count). The van der Waals surface area contributed by atoms with Crippen LogP contribution in [0.2, 0.25) is 0 Å². The Morgan fingerprint density at radius 2 is 1.84 bits per heavy atom. The molecule has 3 N–H and O–H groups in total. The first-order valence-corrected chi connectivity index (χ1v) is 20.3.